The number of benzene rings is 2. The van der Waals surface area contributed by atoms with Crippen molar-refractivity contribution >= 4 is 29.9 Å². The van der Waals surface area contributed by atoms with E-state index in [1.807, 2.05) is 37.3 Å². The number of hydrogen-bond acceptors (Lipinski definition) is 5. The summed E-state index contributed by atoms with van der Waals surface area (Å²) >= 11 is 0. The fourth-order valence-electron chi connectivity index (χ4n) is 3.02. The second kappa shape index (κ2) is 12.4. The maximum Gasteiger partial charge on any atom is 0.231 e. The first-order valence-electron chi connectivity index (χ1n) is 9.94. The van der Waals surface area contributed by atoms with Gasteiger partial charge in [-0.05, 0) is 55.7 Å². The maximum absolute atomic E-state index is 5.57. The first kappa shape index (κ1) is 23.9. The Hall–Kier alpha value is -2.36. The molecule has 0 amide bonds. The topological polar surface area (TPSA) is 73.3 Å². The lowest BCUT2D eigenvalue weighted by molar-refractivity contribution is 0.174. The second-order valence-electron chi connectivity index (χ2n) is 6.48. The van der Waals surface area contributed by atoms with E-state index >= 15 is 0 Å². The van der Waals surface area contributed by atoms with Crippen LogP contribution in [0.2, 0.25) is 0 Å². The van der Waals surface area contributed by atoms with E-state index < -0.39 is 0 Å². The number of aliphatic imine (C=N–C) groups is 1. The number of hydrogen-bond donors (Lipinski definition) is 2. The normalized spacial score (nSPS) is 12.2. The van der Waals surface area contributed by atoms with Crippen LogP contribution in [-0.4, -0.2) is 39.6 Å². The van der Waals surface area contributed by atoms with Gasteiger partial charge in [-0.3, -0.25) is 0 Å². The minimum atomic E-state index is 0. The van der Waals surface area contributed by atoms with Crippen LogP contribution in [0.15, 0.2) is 41.4 Å². The summed E-state index contributed by atoms with van der Waals surface area (Å²) in [6.45, 7) is 7.00. The largest absolute Gasteiger partial charge is 0.493 e. The highest BCUT2D eigenvalue weighted by Crippen LogP contribution is 2.32. The van der Waals surface area contributed by atoms with Gasteiger partial charge in [0.15, 0.2) is 29.0 Å². The number of fused-ring (bicyclic) bond motifs is 1. The quantitative estimate of drug-likeness (QED) is 0.294. The molecule has 1 aliphatic heterocycles. The number of halogens is 1. The zero-order valence-corrected chi connectivity index (χ0v) is 20.0. The highest BCUT2D eigenvalue weighted by Gasteiger charge is 2.13. The van der Waals surface area contributed by atoms with Crippen molar-refractivity contribution in [3.05, 3.63) is 47.5 Å². The standard InChI is InChI=1S/C22H29N3O4.HI/c1-4-23-22(24-11-10-16-6-8-19-21(12-16)29-15-28-19)25-14-17-7-9-18(27-5-2)20(13-17)26-3;/h6-9,12-13H,4-5,10-11,14-15H2,1-3H3,(H2,23,24,25);1H. The number of rotatable bonds is 9. The molecule has 2 aromatic rings. The predicted octanol–water partition coefficient (Wildman–Crippen LogP) is 3.74. The van der Waals surface area contributed by atoms with Gasteiger partial charge in [0.05, 0.1) is 20.3 Å². The molecule has 1 aliphatic rings. The van der Waals surface area contributed by atoms with E-state index in [1.54, 1.807) is 7.11 Å². The molecule has 0 spiro atoms. The van der Waals surface area contributed by atoms with E-state index in [0.29, 0.717) is 19.9 Å². The zero-order chi connectivity index (χ0) is 20.5. The van der Waals surface area contributed by atoms with Gasteiger partial charge < -0.3 is 29.6 Å². The van der Waals surface area contributed by atoms with Crippen LogP contribution in [0, 0.1) is 0 Å². The van der Waals surface area contributed by atoms with Crippen molar-refractivity contribution < 1.29 is 18.9 Å². The lowest BCUT2D eigenvalue weighted by Crippen LogP contribution is -2.38. The third-order valence-corrected chi connectivity index (χ3v) is 4.43. The molecule has 0 aromatic heterocycles. The average molecular weight is 527 g/mol. The molecule has 0 saturated heterocycles. The van der Waals surface area contributed by atoms with Crippen LogP contribution < -0.4 is 29.6 Å². The maximum atomic E-state index is 5.57. The second-order valence-corrected chi connectivity index (χ2v) is 6.48. The molecule has 2 aromatic carbocycles. The smallest absolute Gasteiger partial charge is 0.231 e. The van der Waals surface area contributed by atoms with Crippen LogP contribution in [-0.2, 0) is 13.0 Å². The van der Waals surface area contributed by atoms with E-state index in [4.69, 9.17) is 18.9 Å². The van der Waals surface area contributed by atoms with Gasteiger partial charge in [-0.1, -0.05) is 12.1 Å². The first-order chi connectivity index (χ1) is 14.2. The minimum Gasteiger partial charge on any atom is -0.493 e. The molecule has 2 N–H and O–H groups in total. The molecule has 0 aliphatic carbocycles. The monoisotopic (exact) mass is 527 g/mol. The summed E-state index contributed by atoms with van der Waals surface area (Å²) in [4.78, 5) is 4.68. The van der Waals surface area contributed by atoms with Gasteiger partial charge in [0.25, 0.3) is 0 Å². The summed E-state index contributed by atoms with van der Waals surface area (Å²) in [5.74, 6) is 3.87. The molecule has 1 heterocycles. The SMILES string of the molecule is CCNC(=NCc1ccc(OCC)c(OC)c1)NCCc1ccc2c(c1)OCO2.I. The number of nitrogens with one attached hydrogen (secondary N) is 2. The fourth-order valence-corrected chi connectivity index (χ4v) is 3.02. The lowest BCUT2D eigenvalue weighted by Gasteiger charge is -2.13. The van der Waals surface area contributed by atoms with Crippen LogP contribution in [0.3, 0.4) is 0 Å². The third-order valence-electron chi connectivity index (χ3n) is 4.43. The Morgan fingerprint density at radius 3 is 2.57 bits per heavy atom. The molecule has 164 valence electrons. The van der Waals surface area contributed by atoms with Crippen LogP contribution in [0.1, 0.15) is 25.0 Å². The van der Waals surface area contributed by atoms with Gasteiger partial charge in [0.2, 0.25) is 6.79 Å². The van der Waals surface area contributed by atoms with E-state index in [1.165, 1.54) is 5.56 Å². The molecule has 3 rings (SSSR count). The van der Waals surface area contributed by atoms with Gasteiger partial charge >= 0.3 is 0 Å². The summed E-state index contributed by atoms with van der Waals surface area (Å²) < 4.78 is 21.8. The molecule has 0 fully saturated rings. The molecule has 8 heteroatoms. The summed E-state index contributed by atoms with van der Waals surface area (Å²) in [5.41, 5.74) is 2.24. The number of guanidine groups is 1. The molecular formula is C22H30IN3O4. The molecule has 0 bridgehead atoms. The Balaban J connectivity index is 0.00000320. The van der Waals surface area contributed by atoms with Crippen molar-refractivity contribution in [2.24, 2.45) is 4.99 Å². The molecule has 0 atom stereocenters. The number of nitrogens with zero attached hydrogens (tertiary/aromatic N) is 1. The van der Waals surface area contributed by atoms with E-state index in [0.717, 1.165) is 54.0 Å². The Kier molecular flexibility index (Phi) is 9.85. The van der Waals surface area contributed by atoms with Gasteiger partial charge in [-0.15, -0.1) is 24.0 Å². The summed E-state index contributed by atoms with van der Waals surface area (Å²) in [6.07, 6.45) is 0.859. The summed E-state index contributed by atoms with van der Waals surface area (Å²) in [6, 6.07) is 11.9. The van der Waals surface area contributed by atoms with E-state index in [-0.39, 0.29) is 24.0 Å². The van der Waals surface area contributed by atoms with Gasteiger partial charge in [0.1, 0.15) is 0 Å². The molecule has 30 heavy (non-hydrogen) atoms. The highest BCUT2D eigenvalue weighted by molar-refractivity contribution is 14.0. The van der Waals surface area contributed by atoms with Gasteiger partial charge in [0, 0.05) is 13.1 Å². The Labute approximate surface area is 195 Å². The summed E-state index contributed by atoms with van der Waals surface area (Å²) in [7, 11) is 1.65. The van der Waals surface area contributed by atoms with Crippen molar-refractivity contribution in [2.45, 2.75) is 26.8 Å². The van der Waals surface area contributed by atoms with E-state index in [2.05, 4.69) is 28.6 Å². The minimum absolute atomic E-state index is 0. The predicted molar refractivity (Wildman–Crippen MR) is 129 cm³/mol. The number of methoxy groups -OCH3 is 1. The van der Waals surface area contributed by atoms with Crippen molar-refractivity contribution in [3.8, 4) is 23.0 Å². The van der Waals surface area contributed by atoms with Crippen molar-refractivity contribution in [1.82, 2.24) is 10.6 Å². The van der Waals surface area contributed by atoms with Crippen molar-refractivity contribution in [3.63, 3.8) is 0 Å². The molecule has 0 saturated carbocycles. The van der Waals surface area contributed by atoms with E-state index in [9.17, 15) is 0 Å². The van der Waals surface area contributed by atoms with Crippen LogP contribution in [0.25, 0.3) is 0 Å². The molecule has 7 nitrogen and oxygen atoms in total. The molecule has 0 radical (unpaired) electrons. The van der Waals surface area contributed by atoms with Gasteiger partial charge in [-0.25, -0.2) is 4.99 Å². The van der Waals surface area contributed by atoms with Gasteiger partial charge in [-0.2, -0.15) is 0 Å². The lowest BCUT2D eigenvalue weighted by atomic mass is 10.1. The Bertz CT molecular complexity index is 845. The Morgan fingerprint density at radius 1 is 1.00 bits per heavy atom. The van der Waals surface area contributed by atoms with Crippen LogP contribution in [0.4, 0.5) is 0 Å². The third kappa shape index (κ3) is 6.58. The zero-order valence-electron chi connectivity index (χ0n) is 17.7. The molecule has 0 unspecified atom stereocenters. The van der Waals surface area contributed by atoms with Crippen molar-refractivity contribution in [2.75, 3.05) is 33.6 Å². The van der Waals surface area contributed by atoms with Crippen LogP contribution >= 0.6 is 24.0 Å². The van der Waals surface area contributed by atoms with Crippen LogP contribution in [0.5, 0.6) is 23.0 Å². The highest BCUT2D eigenvalue weighted by atomic mass is 127. The molecular weight excluding hydrogens is 497 g/mol. The Morgan fingerprint density at radius 2 is 1.80 bits per heavy atom. The fraction of sp³-hybridized carbons (Fsp3) is 0.409. The summed E-state index contributed by atoms with van der Waals surface area (Å²) in [5, 5.41) is 6.66. The van der Waals surface area contributed by atoms with Crippen molar-refractivity contribution in [1.29, 1.82) is 0 Å². The average Bonchev–Trinajstić information content (AvgIpc) is 3.21. The first-order valence-corrected chi connectivity index (χ1v) is 9.94. The number of ether oxygens (including phenoxy) is 4.